The molecule has 3 nitrogen and oxygen atoms in total. The van der Waals surface area contributed by atoms with E-state index in [-0.39, 0.29) is 0 Å². The molecule has 0 unspecified atom stereocenters. The Hall–Kier alpha value is -1.65. The number of nitrogens with one attached hydrogen (secondary N) is 1. The molecule has 122 valence electrons. The van der Waals surface area contributed by atoms with Crippen molar-refractivity contribution in [1.29, 1.82) is 0 Å². The maximum atomic E-state index is 6.07. The first-order chi connectivity index (χ1) is 11.5. The Morgan fingerprint density at radius 1 is 0.833 bits per heavy atom. The van der Waals surface area contributed by atoms with Gasteiger partial charge in [-0.3, -0.25) is 5.43 Å². The molecule has 0 aliphatic heterocycles. The van der Waals surface area contributed by atoms with Gasteiger partial charge in [0.05, 0.1) is 21.9 Å². The monoisotopic (exact) mass is 398 g/mol. The van der Waals surface area contributed by atoms with Crippen LogP contribution in [-0.4, -0.2) is 6.21 Å². The summed E-state index contributed by atoms with van der Waals surface area (Å²) in [6.45, 7) is 0. The number of hydrogen-bond acceptors (Lipinski definition) is 3. The lowest BCUT2D eigenvalue weighted by atomic mass is 10.2. The number of hydrazone groups is 1. The molecule has 1 heterocycles. The fourth-order valence-electron chi connectivity index (χ4n) is 2.00. The third-order valence-corrected chi connectivity index (χ3v) is 4.20. The van der Waals surface area contributed by atoms with Crippen LogP contribution in [0.5, 0.6) is 0 Å². The van der Waals surface area contributed by atoms with Gasteiger partial charge in [-0.05, 0) is 48.5 Å². The summed E-state index contributed by atoms with van der Waals surface area (Å²) >= 11 is 23.9. The van der Waals surface area contributed by atoms with Crippen molar-refractivity contribution in [3.05, 3.63) is 74.4 Å². The first kappa shape index (κ1) is 17.2. The molecule has 3 rings (SSSR count). The average molecular weight is 400 g/mol. The number of hydrogen-bond donors (Lipinski definition) is 1. The van der Waals surface area contributed by atoms with Crippen LogP contribution in [0.2, 0.25) is 20.1 Å². The second-order valence-corrected chi connectivity index (χ2v) is 6.51. The van der Waals surface area contributed by atoms with Crippen LogP contribution < -0.4 is 5.43 Å². The van der Waals surface area contributed by atoms with Crippen molar-refractivity contribution in [1.82, 2.24) is 0 Å². The molecule has 0 amide bonds. The minimum Gasteiger partial charge on any atom is -0.455 e. The summed E-state index contributed by atoms with van der Waals surface area (Å²) in [5.74, 6) is 1.30. The quantitative estimate of drug-likeness (QED) is 0.378. The number of rotatable bonds is 4. The van der Waals surface area contributed by atoms with Gasteiger partial charge in [-0.15, -0.1) is 0 Å². The van der Waals surface area contributed by atoms with Gasteiger partial charge in [0.1, 0.15) is 11.5 Å². The summed E-state index contributed by atoms with van der Waals surface area (Å²) in [6, 6.07) is 14.2. The van der Waals surface area contributed by atoms with E-state index in [9.17, 15) is 0 Å². The first-order valence-electron chi connectivity index (χ1n) is 6.82. The fourth-order valence-corrected chi connectivity index (χ4v) is 3.03. The van der Waals surface area contributed by atoms with Crippen LogP contribution in [0.4, 0.5) is 5.69 Å². The predicted octanol–water partition coefficient (Wildman–Crippen LogP) is 7.01. The molecule has 24 heavy (non-hydrogen) atoms. The van der Waals surface area contributed by atoms with Gasteiger partial charge in [0.25, 0.3) is 0 Å². The van der Waals surface area contributed by atoms with Crippen molar-refractivity contribution in [3.8, 4) is 11.3 Å². The number of nitrogens with zero attached hydrogens (tertiary/aromatic N) is 1. The van der Waals surface area contributed by atoms with Crippen molar-refractivity contribution in [2.45, 2.75) is 0 Å². The summed E-state index contributed by atoms with van der Waals surface area (Å²) in [5.41, 5.74) is 4.18. The van der Waals surface area contributed by atoms with E-state index in [4.69, 9.17) is 50.8 Å². The lowest BCUT2D eigenvalue weighted by molar-refractivity contribution is 0.575. The van der Waals surface area contributed by atoms with E-state index >= 15 is 0 Å². The normalized spacial score (nSPS) is 11.2. The van der Waals surface area contributed by atoms with E-state index < -0.39 is 0 Å². The molecule has 0 radical (unpaired) electrons. The van der Waals surface area contributed by atoms with Gasteiger partial charge in [0.15, 0.2) is 0 Å². The van der Waals surface area contributed by atoms with Gasteiger partial charge in [-0.2, -0.15) is 5.10 Å². The Bertz CT molecular complexity index is 865. The summed E-state index contributed by atoms with van der Waals surface area (Å²) in [7, 11) is 0. The Labute approximate surface area is 158 Å². The zero-order valence-corrected chi connectivity index (χ0v) is 15.1. The van der Waals surface area contributed by atoms with Crippen LogP contribution in [0.1, 0.15) is 5.76 Å². The van der Waals surface area contributed by atoms with Crippen LogP contribution in [0.3, 0.4) is 0 Å². The van der Waals surface area contributed by atoms with Gasteiger partial charge >= 0.3 is 0 Å². The van der Waals surface area contributed by atoms with Crippen molar-refractivity contribution >= 4 is 58.3 Å². The topological polar surface area (TPSA) is 37.5 Å². The highest BCUT2D eigenvalue weighted by Crippen LogP contribution is 2.33. The Kier molecular flexibility index (Phi) is 5.36. The molecule has 0 saturated heterocycles. The minimum absolute atomic E-state index is 0.381. The highest BCUT2D eigenvalue weighted by atomic mass is 35.5. The maximum absolute atomic E-state index is 6.07. The van der Waals surface area contributed by atoms with E-state index in [1.54, 1.807) is 30.3 Å². The zero-order chi connectivity index (χ0) is 17.1. The van der Waals surface area contributed by atoms with E-state index in [0.29, 0.717) is 31.5 Å². The van der Waals surface area contributed by atoms with Gasteiger partial charge in [-0.25, -0.2) is 0 Å². The molecule has 1 aromatic heterocycles. The molecule has 2 aromatic carbocycles. The second-order valence-electron chi connectivity index (χ2n) is 4.82. The maximum Gasteiger partial charge on any atom is 0.147 e. The third kappa shape index (κ3) is 4.05. The van der Waals surface area contributed by atoms with Crippen molar-refractivity contribution in [2.75, 3.05) is 5.43 Å². The largest absolute Gasteiger partial charge is 0.455 e. The highest BCUT2D eigenvalue weighted by molar-refractivity contribution is 6.41. The summed E-state index contributed by atoms with van der Waals surface area (Å²) < 4.78 is 5.71. The molecule has 0 atom stereocenters. The average Bonchev–Trinajstić information content (AvgIpc) is 2.99. The number of furan rings is 1. The van der Waals surface area contributed by atoms with Crippen LogP contribution in [0.25, 0.3) is 11.3 Å². The van der Waals surface area contributed by atoms with Crippen molar-refractivity contribution in [2.24, 2.45) is 5.10 Å². The molecule has 0 saturated carbocycles. The Morgan fingerprint density at radius 2 is 1.50 bits per heavy atom. The van der Waals surface area contributed by atoms with Crippen molar-refractivity contribution < 1.29 is 4.42 Å². The van der Waals surface area contributed by atoms with E-state index in [1.165, 1.54) is 6.21 Å². The fraction of sp³-hybridized carbons (Fsp3) is 0. The Morgan fingerprint density at radius 3 is 2.17 bits per heavy atom. The molecule has 0 aliphatic carbocycles. The standard InChI is InChI=1S/C17H10Cl4N2O/c18-11-3-1-10(2-4-11)16-6-5-13(24-16)9-22-23-17-14(20)7-12(19)8-15(17)21/h1-9,23H. The van der Waals surface area contributed by atoms with Crippen LogP contribution >= 0.6 is 46.4 Å². The van der Waals surface area contributed by atoms with Gasteiger partial charge < -0.3 is 4.42 Å². The molecule has 1 N–H and O–H groups in total. The zero-order valence-electron chi connectivity index (χ0n) is 12.1. The summed E-state index contributed by atoms with van der Waals surface area (Å²) in [6.07, 6.45) is 1.53. The lowest BCUT2D eigenvalue weighted by Gasteiger charge is -2.06. The smallest absolute Gasteiger partial charge is 0.147 e. The van der Waals surface area contributed by atoms with E-state index in [0.717, 1.165) is 11.3 Å². The third-order valence-electron chi connectivity index (χ3n) is 3.13. The van der Waals surface area contributed by atoms with Crippen LogP contribution in [-0.2, 0) is 0 Å². The molecular weight excluding hydrogens is 390 g/mol. The predicted molar refractivity (Wildman–Crippen MR) is 102 cm³/mol. The molecule has 7 heteroatoms. The number of benzene rings is 2. The van der Waals surface area contributed by atoms with Crippen molar-refractivity contribution in [3.63, 3.8) is 0 Å². The molecule has 0 spiro atoms. The molecular formula is C17H10Cl4N2O. The SMILES string of the molecule is Clc1ccc(-c2ccc(C=NNc3c(Cl)cc(Cl)cc3Cl)o2)cc1. The highest BCUT2D eigenvalue weighted by Gasteiger charge is 2.07. The number of anilines is 1. The molecule has 3 aromatic rings. The minimum atomic E-state index is 0.381. The van der Waals surface area contributed by atoms with Gasteiger partial charge in [0.2, 0.25) is 0 Å². The molecule has 0 bridgehead atoms. The second kappa shape index (κ2) is 7.49. The first-order valence-corrected chi connectivity index (χ1v) is 8.33. The molecule has 0 aliphatic rings. The van der Waals surface area contributed by atoms with E-state index in [2.05, 4.69) is 10.5 Å². The van der Waals surface area contributed by atoms with Crippen LogP contribution in [0.15, 0.2) is 58.0 Å². The summed E-state index contributed by atoms with van der Waals surface area (Å²) in [4.78, 5) is 0. The lowest BCUT2D eigenvalue weighted by Crippen LogP contribution is -1.92. The Balaban J connectivity index is 1.73. The molecule has 0 fully saturated rings. The number of halogens is 4. The van der Waals surface area contributed by atoms with Crippen LogP contribution in [0, 0.1) is 0 Å². The summed E-state index contributed by atoms with van der Waals surface area (Å²) in [5, 5.41) is 5.97. The van der Waals surface area contributed by atoms with Gasteiger partial charge in [-0.1, -0.05) is 46.4 Å². The van der Waals surface area contributed by atoms with E-state index in [1.807, 2.05) is 18.2 Å². The van der Waals surface area contributed by atoms with Gasteiger partial charge in [0, 0.05) is 15.6 Å².